The van der Waals surface area contributed by atoms with Crippen LogP contribution in [0.15, 0.2) is 0 Å². The molecule has 1 amide bonds. The van der Waals surface area contributed by atoms with E-state index in [1.165, 1.54) is 0 Å². The Morgan fingerprint density at radius 1 is 1.41 bits per heavy atom. The Kier molecular flexibility index (Phi) is 2.19. The third-order valence-electron chi connectivity index (χ3n) is 3.22. The van der Waals surface area contributed by atoms with Gasteiger partial charge in [0.15, 0.2) is 11.9 Å². The molecule has 7 nitrogen and oxygen atoms in total. The predicted octanol–water partition coefficient (Wildman–Crippen LogP) is -0.666. The molecule has 4 atom stereocenters. The first kappa shape index (κ1) is 11.2. The van der Waals surface area contributed by atoms with Crippen molar-refractivity contribution in [1.82, 2.24) is 5.32 Å². The minimum atomic E-state index is -1.35. The Bertz CT molecular complexity index is 359. The third-order valence-corrected chi connectivity index (χ3v) is 3.22. The fourth-order valence-corrected chi connectivity index (χ4v) is 2.49. The van der Waals surface area contributed by atoms with Crippen LogP contribution in [0, 0.1) is 0 Å². The average molecular weight is 245 g/mol. The number of aliphatic hydroxyl groups is 1. The van der Waals surface area contributed by atoms with Crippen LogP contribution >= 0.6 is 0 Å². The van der Waals surface area contributed by atoms with E-state index < -0.39 is 29.9 Å². The molecular formula is C10H15NO6. The van der Waals surface area contributed by atoms with E-state index in [1.54, 1.807) is 13.8 Å². The van der Waals surface area contributed by atoms with Crippen LogP contribution < -0.4 is 5.32 Å². The van der Waals surface area contributed by atoms with Gasteiger partial charge in [-0.05, 0) is 13.8 Å². The summed E-state index contributed by atoms with van der Waals surface area (Å²) >= 11 is 0. The minimum Gasteiger partial charge on any atom is -0.412 e. The summed E-state index contributed by atoms with van der Waals surface area (Å²) in [4.78, 5) is 11.1. The molecule has 96 valence electrons. The van der Waals surface area contributed by atoms with Gasteiger partial charge in [-0.2, -0.15) is 0 Å². The molecule has 1 spiro atoms. The molecule has 3 saturated heterocycles. The van der Waals surface area contributed by atoms with Gasteiger partial charge < -0.3 is 29.4 Å². The second-order valence-corrected chi connectivity index (χ2v) is 4.95. The smallest absolute Gasteiger partial charge is 0.410 e. The molecule has 0 aromatic carbocycles. The number of alkyl carbamates (subject to hydrolysis) is 1. The second kappa shape index (κ2) is 3.32. The Hall–Kier alpha value is -0.890. The number of nitrogens with one attached hydrogen (secondary N) is 1. The summed E-state index contributed by atoms with van der Waals surface area (Å²) in [5, 5.41) is 12.7. The molecule has 7 heteroatoms. The standard InChI is InChI=1S/C10H15NO6/c1-9(2)15-5-3-14-10(4-11-8(13)17-10)7(12)6(5)16-9/h5-7,12H,3-4H2,1-2H3,(H,11,13)/t5-,6-,7?,10+/m1/s1. The lowest BCUT2D eigenvalue weighted by Crippen LogP contribution is -2.61. The van der Waals surface area contributed by atoms with Crippen molar-refractivity contribution in [3.05, 3.63) is 0 Å². The first-order chi connectivity index (χ1) is 7.92. The Labute approximate surface area is 98.0 Å². The summed E-state index contributed by atoms with van der Waals surface area (Å²) in [6.07, 6.45) is -2.56. The number of hydrogen-bond acceptors (Lipinski definition) is 6. The highest BCUT2D eigenvalue weighted by Crippen LogP contribution is 2.39. The number of ether oxygens (including phenoxy) is 4. The minimum absolute atomic E-state index is 0.111. The van der Waals surface area contributed by atoms with Crippen LogP contribution in [-0.2, 0) is 18.9 Å². The van der Waals surface area contributed by atoms with Crippen LogP contribution in [0.1, 0.15) is 13.8 Å². The highest BCUT2D eigenvalue weighted by molar-refractivity contribution is 5.70. The monoisotopic (exact) mass is 245 g/mol. The molecule has 0 aromatic rings. The van der Waals surface area contributed by atoms with Crippen LogP contribution in [-0.4, -0.2) is 54.2 Å². The van der Waals surface area contributed by atoms with Crippen molar-refractivity contribution in [3.63, 3.8) is 0 Å². The molecule has 1 unspecified atom stereocenters. The molecule has 3 rings (SSSR count). The lowest BCUT2D eigenvalue weighted by atomic mass is 9.97. The first-order valence-corrected chi connectivity index (χ1v) is 5.56. The van der Waals surface area contributed by atoms with Gasteiger partial charge in [-0.1, -0.05) is 0 Å². The number of carbonyl (C=O) groups excluding carboxylic acids is 1. The molecule has 0 aliphatic carbocycles. The van der Waals surface area contributed by atoms with Crippen molar-refractivity contribution in [3.8, 4) is 0 Å². The van der Waals surface area contributed by atoms with Gasteiger partial charge in [-0.15, -0.1) is 0 Å². The Morgan fingerprint density at radius 2 is 2.18 bits per heavy atom. The maximum atomic E-state index is 11.1. The number of aliphatic hydroxyl groups excluding tert-OH is 1. The normalized spacial score (nSPS) is 47.7. The van der Waals surface area contributed by atoms with Gasteiger partial charge in [0, 0.05) is 0 Å². The molecule has 3 fully saturated rings. The van der Waals surface area contributed by atoms with Gasteiger partial charge in [0.25, 0.3) is 5.79 Å². The molecule has 3 aliphatic heterocycles. The van der Waals surface area contributed by atoms with E-state index in [0.717, 1.165) is 0 Å². The average Bonchev–Trinajstić information content (AvgIpc) is 2.75. The summed E-state index contributed by atoms with van der Waals surface area (Å²) in [6, 6.07) is 0. The highest BCUT2D eigenvalue weighted by atomic mass is 16.8. The van der Waals surface area contributed by atoms with E-state index in [-0.39, 0.29) is 19.3 Å². The maximum absolute atomic E-state index is 11.1. The van der Waals surface area contributed by atoms with E-state index in [1.807, 2.05) is 0 Å². The van der Waals surface area contributed by atoms with Gasteiger partial charge in [0.1, 0.15) is 12.2 Å². The van der Waals surface area contributed by atoms with Crippen molar-refractivity contribution in [2.75, 3.05) is 13.2 Å². The fraction of sp³-hybridized carbons (Fsp3) is 0.900. The molecule has 0 bridgehead atoms. The number of hydrogen-bond donors (Lipinski definition) is 2. The highest BCUT2D eigenvalue weighted by Gasteiger charge is 2.61. The Morgan fingerprint density at radius 3 is 2.82 bits per heavy atom. The topological polar surface area (TPSA) is 86.3 Å². The number of carbonyl (C=O) groups is 1. The van der Waals surface area contributed by atoms with Crippen molar-refractivity contribution < 1.29 is 28.8 Å². The van der Waals surface area contributed by atoms with Crippen molar-refractivity contribution >= 4 is 6.09 Å². The zero-order valence-corrected chi connectivity index (χ0v) is 9.63. The van der Waals surface area contributed by atoms with Crippen LogP contribution in [0.4, 0.5) is 4.79 Å². The van der Waals surface area contributed by atoms with Gasteiger partial charge in [-0.25, -0.2) is 4.79 Å². The van der Waals surface area contributed by atoms with Crippen LogP contribution in [0.3, 0.4) is 0 Å². The van der Waals surface area contributed by atoms with E-state index in [9.17, 15) is 9.90 Å². The van der Waals surface area contributed by atoms with E-state index in [0.29, 0.717) is 0 Å². The molecule has 2 N–H and O–H groups in total. The van der Waals surface area contributed by atoms with Crippen LogP contribution in [0.25, 0.3) is 0 Å². The summed E-state index contributed by atoms with van der Waals surface area (Å²) in [6.45, 7) is 3.87. The zero-order valence-electron chi connectivity index (χ0n) is 9.63. The molecule has 0 radical (unpaired) electrons. The number of amides is 1. The fourth-order valence-electron chi connectivity index (χ4n) is 2.49. The number of rotatable bonds is 0. The van der Waals surface area contributed by atoms with E-state index in [4.69, 9.17) is 18.9 Å². The van der Waals surface area contributed by atoms with Gasteiger partial charge in [-0.3, -0.25) is 0 Å². The van der Waals surface area contributed by atoms with Crippen molar-refractivity contribution in [1.29, 1.82) is 0 Å². The maximum Gasteiger partial charge on any atom is 0.410 e. The SMILES string of the molecule is CC1(C)O[C@@H]2CO[C@]3(CNC(=O)O3)C(O)[C@@H]2O1. The van der Waals surface area contributed by atoms with Gasteiger partial charge >= 0.3 is 6.09 Å². The molecular weight excluding hydrogens is 230 g/mol. The summed E-state index contributed by atoms with van der Waals surface area (Å²) < 4.78 is 21.7. The second-order valence-electron chi connectivity index (χ2n) is 4.95. The quantitative estimate of drug-likeness (QED) is 0.589. The molecule has 0 aromatic heterocycles. The van der Waals surface area contributed by atoms with Crippen molar-refractivity contribution in [2.45, 2.75) is 43.7 Å². The van der Waals surface area contributed by atoms with E-state index in [2.05, 4.69) is 5.32 Å². The largest absolute Gasteiger partial charge is 0.412 e. The first-order valence-electron chi connectivity index (χ1n) is 5.56. The zero-order chi connectivity index (χ0) is 12.3. The Balaban J connectivity index is 1.83. The van der Waals surface area contributed by atoms with Crippen molar-refractivity contribution in [2.24, 2.45) is 0 Å². The number of fused-ring (bicyclic) bond motifs is 1. The van der Waals surface area contributed by atoms with Crippen LogP contribution in [0.2, 0.25) is 0 Å². The summed E-state index contributed by atoms with van der Waals surface area (Å²) in [5.74, 6) is -2.11. The van der Waals surface area contributed by atoms with E-state index >= 15 is 0 Å². The molecule has 17 heavy (non-hydrogen) atoms. The predicted molar refractivity (Wildman–Crippen MR) is 53.0 cm³/mol. The molecule has 3 heterocycles. The lowest BCUT2D eigenvalue weighted by Gasteiger charge is -2.39. The van der Waals surface area contributed by atoms with Gasteiger partial charge in [0.2, 0.25) is 0 Å². The van der Waals surface area contributed by atoms with Crippen LogP contribution in [0.5, 0.6) is 0 Å². The summed E-state index contributed by atoms with van der Waals surface area (Å²) in [5.41, 5.74) is 0. The van der Waals surface area contributed by atoms with Gasteiger partial charge in [0.05, 0.1) is 13.2 Å². The summed E-state index contributed by atoms with van der Waals surface area (Å²) in [7, 11) is 0. The molecule has 0 saturated carbocycles. The third kappa shape index (κ3) is 1.61. The lowest BCUT2D eigenvalue weighted by molar-refractivity contribution is -0.286. The molecule has 3 aliphatic rings.